The van der Waals surface area contributed by atoms with Gasteiger partial charge < -0.3 is 19.9 Å². The lowest BCUT2D eigenvalue weighted by atomic mass is 10.0. The van der Waals surface area contributed by atoms with Gasteiger partial charge in [-0.25, -0.2) is 14.3 Å². The van der Waals surface area contributed by atoms with Crippen molar-refractivity contribution in [1.29, 1.82) is 0 Å². The monoisotopic (exact) mass is 362 g/mol. The van der Waals surface area contributed by atoms with Crippen molar-refractivity contribution in [2.24, 2.45) is 0 Å². The molecular weight excluding hydrogens is 336 g/mol. The fourth-order valence-electron chi connectivity index (χ4n) is 3.27. The summed E-state index contributed by atoms with van der Waals surface area (Å²) in [6.07, 6.45) is 3.65. The Labute approximate surface area is 152 Å². The van der Waals surface area contributed by atoms with Crippen molar-refractivity contribution in [1.82, 2.24) is 14.6 Å². The van der Waals surface area contributed by atoms with E-state index in [2.05, 4.69) is 10.1 Å². The van der Waals surface area contributed by atoms with Crippen LogP contribution in [0.4, 0.5) is 10.6 Å². The number of anilines is 1. The molecule has 0 aromatic carbocycles. The van der Waals surface area contributed by atoms with Crippen LogP contribution < -0.4 is 5.73 Å². The molecule has 3 heterocycles. The summed E-state index contributed by atoms with van der Waals surface area (Å²) in [6.45, 7) is 6.05. The van der Waals surface area contributed by atoms with E-state index in [4.69, 9.17) is 19.9 Å². The number of carbonyl (C=O) groups excluding carboxylic acids is 1. The maximum Gasteiger partial charge on any atom is 0.508 e. The summed E-state index contributed by atoms with van der Waals surface area (Å²) < 4.78 is 18.5. The van der Waals surface area contributed by atoms with Crippen LogP contribution in [0, 0.1) is 0 Å². The second-order valence-electron chi connectivity index (χ2n) is 6.89. The zero-order valence-electron chi connectivity index (χ0n) is 15.5. The first-order chi connectivity index (χ1) is 12.5. The number of hydrogen-bond donors (Lipinski definition) is 1. The van der Waals surface area contributed by atoms with Crippen LogP contribution in [0.1, 0.15) is 58.3 Å². The first-order valence-corrected chi connectivity index (χ1v) is 9.05. The maximum atomic E-state index is 11.9. The largest absolute Gasteiger partial charge is 0.508 e. The SMILES string of the molecule is CCC(CC)OC(=O)OC[C@]1(C)CC[C@H](c2ccc3c(N)ncnn23)O1. The van der Waals surface area contributed by atoms with Crippen molar-refractivity contribution in [3.8, 4) is 0 Å². The Balaban J connectivity index is 1.62. The van der Waals surface area contributed by atoms with Crippen molar-refractivity contribution in [2.75, 3.05) is 12.3 Å². The van der Waals surface area contributed by atoms with Crippen molar-refractivity contribution >= 4 is 17.5 Å². The number of aromatic nitrogens is 3. The third-order valence-corrected chi connectivity index (χ3v) is 4.87. The highest BCUT2D eigenvalue weighted by atomic mass is 16.7. The van der Waals surface area contributed by atoms with Gasteiger partial charge in [-0.3, -0.25) is 0 Å². The van der Waals surface area contributed by atoms with Crippen LogP contribution in [-0.4, -0.2) is 39.1 Å². The van der Waals surface area contributed by atoms with Gasteiger partial charge in [-0.1, -0.05) is 13.8 Å². The summed E-state index contributed by atoms with van der Waals surface area (Å²) in [7, 11) is 0. The molecule has 1 aliphatic rings. The molecule has 3 rings (SSSR count). The van der Waals surface area contributed by atoms with Crippen LogP contribution in [0.15, 0.2) is 18.5 Å². The van der Waals surface area contributed by atoms with E-state index in [1.807, 2.05) is 32.9 Å². The normalized spacial score (nSPS) is 22.8. The highest BCUT2D eigenvalue weighted by Gasteiger charge is 2.39. The van der Waals surface area contributed by atoms with Gasteiger partial charge >= 0.3 is 6.16 Å². The van der Waals surface area contributed by atoms with Crippen LogP contribution in [0.3, 0.4) is 0 Å². The van der Waals surface area contributed by atoms with E-state index in [0.29, 0.717) is 5.82 Å². The molecular formula is C18H26N4O4. The molecule has 0 saturated carbocycles. The highest BCUT2D eigenvalue weighted by Crippen LogP contribution is 2.40. The Morgan fingerprint density at radius 2 is 2.23 bits per heavy atom. The maximum absolute atomic E-state index is 11.9. The highest BCUT2D eigenvalue weighted by molar-refractivity contribution is 5.65. The van der Waals surface area contributed by atoms with Gasteiger partial charge in [-0.05, 0) is 44.7 Å². The Bertz CT molecular complexity index is 774. The standard InChI is InChI=1S/C18H26N4O4/c1-4-12(5-2)25-17(23)24-10-18(3)9-8-15(26-18)13-6-7-14-16(19)20-11-21-22(13)14/h6-7,11-12,15H,4-5,8-10H2,1-3H3,(H2,19,20,21)/t15-,18+/m1/s1. The summed E-state index contributed by atoms with van der Waals surface area (Å²) >= 11 is 0. The van der Waals surface area contributed by atoms with Gasteiger partial charge in [-0.2, -0.15) is 5.10 Å². The molecule has 26 heavy (non-hydrogen) atoms. The van der Waals surface area contributed by atoms with Gasteiger partial charge in [0.1, 0.15) is 36.3 Å². The molecule has 8 heteroatoms. The number of nitrogen functional groups attached to an aromatic ring is 1. The summed E-state index contributed by atoms with van der Waals surface area (Å²) in [5.74, 6) is 0.430. The lowest BCUT2D eigenvalue weighted by Gasteiger charge is -2.24. The molecule has 142 valence electrons. The Morgan fingerprint density at radius 1 is 1.46 bits per heavy atom. The number of ether oxygens (including phenoxy) is 3. The fraction of sp³-hybridized carbons (Fsp3) is 0.611. The smallest absolute Gasteiger partial charge is 0.431 e. The van der Waals surface area contributed by atoms with E-state index < -0.39 is 11.8 Å². The van der Waals surface area contributed by atoms with E-state index >= 15 is 0 Å². The predicted octanol–water partition coefficient (Wildman–Crippen LogP) is 3.26. The molecule has 0 unspecified atom stereocenters. The number of carbonyl (C=O) groups is 1. The summed E-state index contributed by atoms with van der Waals surface area (Å²) in [5.41, 5.74) is 6.99. The van der Waals surface area contributed by atoms with Crippen molar-refractivity contribution in [3.05, 3.63) is 24.2 Å². The first kappa shape index (κ1) is 18.4. The second-order valence-corrected chi connectivity index (χ2v) is 6.89. The Morgan fingerprint density at radius 3 is 2.96 bits per heavy atom. The molecule has 0 amide bonds. The van der Waals surface area contributed by atoms with E-state index in [1.165, 1.54) is 6.33 Å². The minimum Gasteiger partial charge on any atom is -0.431 e. The minimum absolute atomic E-state index is 0.107. The lowest BCUT2D eigenvalue weighted by molar-refractivity contribution is -0.0805. The average Bonchev–Trinajstić information content (AvgIpc) is 3.23. The summed E-state index contributed by atoms with van der Waals surface area (Å²) in [4.78, 5) is 15.9. The molecule has 8 nitrogen and oxygen atoms in total. The van der Waals surface area contributed by atoms with Crippen LogP contribution in [0.2, 0.25) is 0 Å². The molecule has 1 saturated heterocycles. The van der Waals surface area contributed by atoms with E-state index in [9.17, 15) is 4.79 Å². The molecule has 2 aromatic heterocycles. The number of rotatable bonds is 6. The van der Waals surface area contributed by atoms with Crippen molar-refractivity contribution < 1.29 is 19.0 Å². The third-order valence-electron chi connectivity index (χ3n) is 4.87. The minimum atomic E-state index is -0.638. The van der Waals surface area contributed by atoms with Gasteiger partial charge in [0.2, 0.25) is 0 Å². The molecule has 2 atom stereocenters. The van der Waals surface area contributed by atoms with Crippen LogP contribution in [-0.2, 0) is 14.2 Å². The van der Waals surface area contributed by atoms with E-state index in [-0.39, 0.29) is 18.8 Å². The van der Waals surface area contributed by atoms with Gasteiger partial charge in [0.05, 0.1) is 5.69 Å². The fourth-order valence-corrected chi connectivity index (χ4v) is 3.27. The molecule has 1 aliphatic heterocycles. The van der Waals surface area contributed by atoms with Gasteiger partial charge in [0.25, 0.3) is 0 Å². The quantitative estimate of drug-likeness (QED) is 0.787. The van der Waals surface area contributed by atoms with Gasteiger partial charge in [0.15, 0.2) is 5.82 Å². The number of fused-ring (bicyclic) bond motifs is 1. The van der Waals surface area contributed by atoms with Gasteiger partial charge in [0, 0.05) is 0 Å². The van der Waals surface area contributed by atoms with Crippen molar-refractivity contribution in [3.63, 3.8) is 0 Å². The molecule has 0 spiro atoms. The number of hydrogen-bond acceptors (Lipinski definition) is 7. The first-order valence-electron chi connectivity index (χ1n) is 9.05. The summed E-state index contributed by atoms with van der Waals surface area (Å²) in [6, 6.07) is 3.83. The molecule has 2 N–H and O–H groups in total. The molecule has 1 fully saturated rings. The van der Waals surface area contributed by atoms with Crippen molar-refractivity contribution in [2.45, 2.75) is 64.3 Å². The molecule has 0 aliphatic carbocycles. The summed E-state index contributed by atoms with van der Waals surface area (Å²) in [5, 5.41) is 4.26. The third kappa shape index (κ3) is 3.75. The number of nitrogens with two attached hydrogens (primary N) is 1. The average molecular weight is 362 g/mol. The topological polar surface area (TPSA) is 101 Å². The van der Waals surface area contributed by atoms with E-state index in [1.54, 1.807) is 4.52 Å². The molecule has 2 aromatic rings. The zero-order valence-corrected chi connectivity index (χ0v) is 15.5. The van der Waals surface area contributed by atoms with Crippen LogP contribution in [0.5, 0.6) is 0 Å². The second kappa shape index (κ2) is 7.49. The number of nitrogens with zero attached hydrogens (tertiary/aromatic N) is 3. The zero-order chi connectivity index (χ0) is 18.7. The Hall–Kier alpha value is -2.35. The molecule has 0 bridgehead atoms. The van der Waals surface area contributed by atoms with Gasteiger partial charge in [-0.15, -0.1) is 0 Å². The predicted molar refractivity (Wildman–Crippen MR) is 95.7 cm³/mol. The van der Waals surface area contributed by atoms with Crippen LogP contribution in [0.25, 0.3) is 5.52 Å². The lowest BCUT2D eigenvalue weighted by Crippen LogP contribution is -2.32. The van der Waals surface area contributed by atoms with E-state index in [0.717, 1.165) is 36.9 Å². The van der Waals surface area contributed by atoms with Crippen LogP contribution >= 0.6 is 0 Å². The molecule has 0 radical (unpaired) electrons. The Kier molecular flexibility index (Phi) is 5.31.